The van der Waals surface area contributed by atoms with Crippen molar-refractivity contribution in [1.29, 1.82) is 0 Å². The number of amides is 1. The lowest BCUT2D eigenvalue weighted by Gasteiger charge is -2.35. The van der Waals surface area contributed by atoms with Crippen LogP contribution in [0.4, 0.5) is 0 Å². The maximum Gasteiger partial charge on any atom is 0.225 e. The van der Waals surface area contributed by atoms with Crippen molar-refractivity contribution in [2.45, 2.75) is 39.4 Å². The molecule has 4 heteroatoms. The second kappa shape index (κ2) is 6.08. The highest BCUT2D eigenvalue weighted by atomic mass is 16.5. The highest BCUT2D eigenvalue weighted by molar-refractivity contribution is 5.76. The van der Waals surface area contributed by atoms with E-state index in [1.807, 2.05) is 25.7 Å². The monoisotopic (exact) mass is 215 g/mol. The maximum absolute atomic E-state index is 11.8. The van der Waals surface area contributed by atoms with E-state index in [-0.39, 0.29) is 18.1 Å². The third kappa shape index (κ3) is 4.18. The fraction of sp³-hybridized carbons (Fsp3) is 0.909. The van der Waals surface area contributed by atoms with Gasteiger partial charge >= 0.3 is 0 Å². The van der Waals surface area contributed by atoms with E-state index in [1.54, 1.807) is 0 Å². The molecule has 1 saturated heterocycles. The third-order valence-electron chi connectivity index (χ3n) is 2.44. The van der Waals surface area contributed by atoms with Gasteiger partial charge in [0.1, 0.15) is 0 Å². The molecule has 0 radical (unpaired) electrons. The molecule has 0 bridgehead atoms. The third-order valence-corrected chi connectivity index (χ3v) is 2.44. The number of carbonyl (C=O) groups excluding carboxylic acids is 1. The summed E-state index contributed by atoms with van der Waals surface area (Å²) in [7, 11) is 0. The van der Waals surface area contributed by atoms with Crippen LogP contribution in [0.3, 0.4) is 0 Å². The van der Waals surface area contributed by atoms with Crippen molar-refractivity contribution in [1.82, 2.24) is 4.90 Å². The van der Waals surface area contributed by atoms with Crippen LogP contribution in [0.2, 0.25) is 0 Å². The Hall–Kier alpha value is -0.610. The summed E-state index contributed by atoms with van der Waals surface area (Å²) in [6.07, 6.45) is 0.766. The van der Waals surface area contributed by atoms with Crippen LogP contribution in [0.15, 0.2) is 0 Å². The van der Waals surface area contributed by atoms with Gasteiger partial charge in [-0.05, 0) is 20.8 Å². The first-order chi connectivity index (χ1) is 7.13. The van der Waals surface area contributed by atoms with Gasteiger partial charge in [0.05, 0.1) is 25.2 Å². The average Bonchev–Trinajstić information content (AvgIpc) is 2.16. The predicted octanol–water partition coefficient (Wildman–Crippen LogP) is 1.05. The minimum absolute atomic E-state index is 0.143. The second-order valence-corrected chi connectivity index (χ2v) is 4.00. The highest BCUT2D eigenvalue weighted by Crippen LogP contribution is 2.11. The summed E-state index contributed by atoms with van der Waals surface area (Å²) in [4.78, 5) is 13.6. The number of ether oxygens (including phenoxy) is 2. The molecule has 1 rings (SSSR count). The summed E-state index contributed by atoms with van der Waals surface area (Å²) >= 11 is 0. The molecule has 1 fully saturated rings. The van der Waals surface area contributed by atoms with Gasteiger partial charge in [-0.1, -0.05) is 0 Å². The van der Waals surface area contributed by atoms with E-state index in [0.29, 0.717) is 32.7 Å². The van der Waals surface area contributed by atoms with E-state index in [4.69, 9.17) is 9.47 Å². The first-order valence-corrected chi connectivity index (χ1v) is 5.64. The normalized spacial score (nSPS) is 26.7. The predicted molar refractivity (Wildman–Crippen MR) is 57.7 cm³/mol. The van der Waals surface area contributed by atoms with Crippen LogP contribution in [0, 0.1) is 0 Å². The fourth-order valence-corrected chi connectivity index (χ4v) is 1.84. The van der Waals surface area contributed by atoms with Gasteiger partial charge in [-0.15, -0.1) is 0 Å². The molecule has 0 aromatic carbocycles. The van der Waals surface area contributed by atoms with E-state index in [2.05, 4.69) is 0 Å². The number of hydrogen-bond acceptors (Lipinski definition) is 3. The summed E-state index contributed by atoms with van der Waals surface area (Å²) in [5, 5.41) is 0. The molecule has 0 aromatic heterocycles. The van der Waals surface area contributed by atoms with Gasteiger partial charge < -0.3 is 14.4 Å². The molecule has 0 unspecified atom stereocenters. The number of carbonyl (C=O) groups is 1. The van der Waals surface area contributed by atoms with Crippen molar-refractivity contribution in [3.8, 4) is 0 Å². The van der Waals surface area contributed by atoms with Gasteiger partial charge in [-0.25, -0.2) is 0 Å². The highest BCUT2D eigenvalue weighted by Gasteiger charge is 2.25. The van der Waals surface area contributed by atoms with E-state index in [9.17, 15) is 4.79 Å². The molecule has 1 amide bonds. The number of hydrogen-bond donors (Lipinski definition) is 0. The van der Waals surface area contributed by atoms with Crippen molar-refractivity contribution in [2.24, 2.45) is 0 Å². The van der Waals surface area contributed by atoms with Crippen molar-refractivity contribution in [2.75, 3.05) is 26.3 Å². The molecule has 4 nitrogen and oxygen atoms in total. The molecule has 1 aliphatic heterocycles. The molecular weight excluding hydrogens is 194 g/mol. The van der Waals surface area contributed by atoms with Crippen molar-refractivity contribution in [3.05, 3.63) is 0 Å². The smallest absolute Gasteiger partial charge is 0.225 e. The number of rotatable bonds is 4. The zero-order valence-electron chi connectivity index (χ0n) is 9.86. The topological polar surface area (TPSA) is 38.8 Å². The Kier molecular flexibility index (Phi) is 5.05. The Balaban J connectivity index is 2.31. The molecule has 0 aromatic rings. The minimum Gasteiger partial charge on any atom is -0.381 e. The average molecular weight is 215 g/mol. The number of morpholine rings is 1. The Bertz CT molecular complexity index is 198. The SMILES string of the molecule is CCOCCC(=O)N1C[C@@H](C)O[C@H](C)C1. The van der Waals surface area contributed by atoms with Crippen LogP contribution >= 0.6 is 0 Å². The molecule has 88 valence electrons. The first kappa shape index (κ1) is 12.5. The summed E-state index contributed by atoms with van der Waals surface area (Å²) in [5.41, 5.74) is 0. The molecule has 0 saturated carbocycles. The van der Waals surface area contributed by atoms with Crippen LogP contribution in [0.1, 0.15) is 27.2 Å². The van der Waals surface area contributed by atoms with Crippen molar-refractivity contribution >= 4 is 5.91 Å². The molecular formula is C11H21NO3. The van der Waals surface area contributed by atoms with Gasteiger partial charge in [0, 0.05) is 19.7 Å². The lowest BCUT2D eigenvalue weighted by atomic mass is 10.2. The van der Waals surface area contributed by atoms with Gasteiger partial charge in [0.25, 0.3) is 0 Å². The van der Waals surface area contributed by atoms with Crippen LogP contribution in [-0.2, 0) is 14.3 Å². The van der Waals surface area contributed by atoms with Crippen molar-refractivity contribution < 1.29 is 14.3 Å². The summed E-state index contributed by atoms with van der Waals surface area (Å²) in [6.45, 7) is 8.53. The number of nitrogens with zero attached hydrogens (tertiary/aromatic N) is 1. The minimum atomic E-state index is 0.143. The molecule has 1 heterocycles. The maximum atomic E-state index is 11.8. The molecule has 2 atom stereocenters. The van der Waals surface area contributed by atoms with Gasteiger partial charge in [-0.2, -0.15) is 0 Å². The van der Waals surface area contributed by atoms with Crippen LogP contribution < -0.4 is 0 Å². The van der Waals surface area contributed by atoms with E-state index < -0.39 is 0 Å². The fourth-order valence-electron chi connectivity index (χ4n) is 1.84. The summed E-state index contributed by atoms with van der Waals surface area (Å²) < 4.78 is 10.7. The zero-order chi connectivity index (χ0) is 11.3. The van der Waals surface area contributed by atoms with E-state index >= 15 is 0 Å². The Morgan fingerprint density at radius 2 is 2.00 bits per heavy atom. The molecule has 0 spiro atoms. The Morgan fingerprint density at radius 1 is 1.40 bits per heavy atom. The van der Waals surface area contributed by atoms with E-state index in [1.165, 1.54) is 0 Å². The van der Waals surface area contributed by atoms with Gasteiger partial charge in [-0.3, -0.25) is 4.79 Å². The Labute approximate surface area is 91.5 Å². The van der Waals surface area contributed by atoms with Crippen LogP contribution in [-0.4, -0.2) is 49.3 Å². The van der Waals surface area contributed by atoms with Gasteiger partial charge in [0.2, 0.25) is 5.91 Å². The first-order valence-electron chi connectivity index (χ1n) is 5.64. The van der Waals surface area contributed by atoms with Crippen LogP contribution in [0.25, 0.3) is 0 Å². The molecule has 15 heavy (non-hydrogen) atoms. The lowest BCUT2D eigenvalue weighted by molar-refractivity contribution is -0.144. The summed E-state index contributed by atoms with van der Waals surface area (Å²) in [5.74, 6) is 0.172. The Morgan fingerprint density at radius 3 is 2.53 bits per heavy atom. The summed E-state index contributed by atoms with van der Waals surface area (Å²) in [6, 6.07) is 0. The van der Waals surface area contributed by atoms with Gasteiger partial charge in [0.15, 0.2) is 0 Å². The lowest BCUT2D eigenvalue weighted by Crippen LogP contribution is -2.48. The molecule has 0 aliphatic carbocycles. The standard InChI is InChI=1S/C11H21NO3/c1-4-14-6-5-11(13)12-7-9(2)15-10(3)8-12/h9-10H,4-8H2,1-3H3/t9-,10-/m1/s1. The quantitative estimate of drug-likeness (QED) is 0.658. The van der Waals surface area contributed by atoms with E-state index in [0.717, 1.165) is 0 Å². The zero-order valence-corrected chi connectivity index (χ0v) is 9.86. The van der Waals surface area contributed by atoms with Crippen LogP contribution in [0.5, 0.6) is 0 Å². The second-order valence-electron chi connectivity index (χ2n) is 4.00. The largest absolute Gasteiger partial charge is 0.381 e. The molecule has 0 N–H and O–H groups in total. The van der Waals surface area contributed by atoms with Crippen molar-refractivity contribution in [3.63, 3.8) is 0 Å². The molecule has 1 aliphatic rings.